The molecule has 168 valence electrons. The highest BCUT2D eigenvalue weighted by Crippen LogP contribution is 2.32. The number of hydrogen-bond acceptors (Lipinski definition) is 5. The molecule has 6 nitrogen and oxygen atoms in total. The molecule has 0 radical (unpaired) electrons. The lowest BCUT2D eigenvalue weighted by Gasteiger charge is -2.26. The lowest BCUT2D eigenvalue weighted by atomic mass is 9.78. The molecule has 0 saturated carbocycles. The predicted octanol–water partition coefficient (Wildman–Crippen LogP) is 4.62. The van der Waals surface area contributed by atoms with Gasteiger partial charge in [-0.1, -0.05) is 55.8 Å². The number of aryl methyl sites for hydroxylation is 1. The van der Waals surface area contributed by atoms with Crippen molar-refractivity contribution < 1.29 is 13.2 Å². The van der Waals surface area contributed by atoms with E-state index in [9.17, 15) is 8.42 Å². The summed E-state index contributed by atoms with van der Waals surface area (Å²) < 4.78 is 31.9. The molecule has 0 spiro atoms. The van der Waals surface area contributed by atoms with Crippen LogP contribution in [0.2, 0.25) is 0 Å². The first-order chi connectivity index (χ1) is 15.3. The van der Waals surface area contributed by atoms with Gasteiger partial charge in [0.15, 0.2) is 0 Å². The van der Waals surface area contributed by atoms with Crippen LogP contribution in [0.1, 0.15) is 49.1 Å². The van der Waals surface area contributed by atoms with Gasteiger partial charge in [-0.2, -0.15) is 0 Å². The van der Waals surface area contributed by atoms with Crippen molar-refractivity contribution in [2.45, 2.75) is 45.6 Å². The molecule has 3 aromatic rings. The van der Waals surface area contributed by atoms with Crippen molar-refractivity contribution in [1.29, 1.82) is 0 Å². The summed E-state index contributed by atoms with van der Waals surface area (Å²) in [7, 11) is -3.34. The topological polar surface area (TPSA) is 72.4 Å². The monoisotopic (exact) mass is 451 g/mol. The predicted molar refractivity (Wildman–Crippen MR) is 126 cm³/mol. The van der Waals surface area contributed by atoms with Crippen molar-refractivity contribution >= 4 is 16.0 Å². The second-order valence-corrected chi connectivity index (χ2v) is 10.8. The highest BCUT2D eigenvalue weighted by atomic mass is 32.2. The van der Waals surface area contributed by atoms with Crippen LogP contribution in [-0.2, 0) is 22.0 Å². The molecule has 1 fully saturated rings. The van der Waals surface area contributed by atoms with Gasteiger partial charge >= 0.3 is 0 Å². The average Bonchev–Trinajstić information content (AvgIpc) is 2.78. The number of aromatic nitrogens is 2. The molecule has 0 aliphatic carbocycles. The average molecular weight is 452 g/mol. The van der Waals surface area contributed by atoms with Gasteiger partial charge in [0.1, 0.15) is 12.4 Å². The molecule has 1 aliphatic heterocycles. The van der Waals surface area contributed by atoms with Crippen LogP contribution in [-0.4, -0.2) is 30.7 Å². The fourth-order valence-corrected chi connectivity index (χ4v) is 5.39. The largest absolute Gasteiger partial charge is 0.487 e. The Bertz CT molecular complexity index is 1170. The van der Waals surface area contributed by atoms with E-state index in [1.165, 1.54) is 21.0 Å². The van der Waals surface area contributed by atoms with Crippen molar-refractivity contribution in [1.82, 2.24) is 9.97 Å². The highest BCUT2D eigenvalue weighted by molar-refractivity contribution is 7.92. The summed E-state index contributed by atoms with van der Waals surface area (Å²) in [5.74, 6) is 1.10. The molecule has 0 N–H and O–H groups in total. The number of anilines is 1. The van der Waals surface area contributed by atoms with Crippen molar-refractivity contribution in [3.8, 4) is 5.75 Å². The van der Waals surface area contributed by atoms with Gasteiger partial charge in [0.25, 0.3) is 0 Å². The van der Waals surface area contributed by atoms with Crippen LogP contribution in [0.15, 0.2) is 60.8 Å². The van der Waals surface area contributed by atoms with E-state index in [-0.39, 0.29) is 23.7 Å². The quantitative estimate of drug-likeness (QED) is 0.547. The van der Waals surface area contributed by atoms with Gasteiger partial charge in [-0.15, -0.1) is 0 Å². The number of hydrogen-bond donors (Lipinski definition) is 0. The van der Waals surface area contributed by atoms with Gasteiger partial charge in [-0.3, -0.25) is 0 Å². The molecule has 1 aromatic heterocycles. The van der Waals surface area contributed by atoms with E-state index in [4.69, 9.17) is 4.74 Å². The minimum Gasteiger partial charge on any atom is -0.487 e. The maximum atomic E-state index is 12.3. The van der Waals surface area contributed by atoms with Gasteiger partial charge in [0.2, 0.25) is 16.0 Å². The van der Waals surface area contributed by atoms with Crippen LogP contribution in [0.25, 0.3) is 0 Å². The Hall–Kier alpha value is -2.93. The van der Waals surface area contributed by atoms with Gasteiger partial charge in [0.05, 0.1) is 11.4 Å². The molecule has 1 aliphatic rings. The number of sulfonamides is 1. The minimum absolute atomic E-state index is 0.117. The Labute approximate surface area is 190 Å². The molecule has 32 heavy (non-hydrogen) atoms. The molecule has 0 atom stereocenters. The van der Waals surface area contributed by atoms with Crippen molar-refractivity contribution in [3.63, 3.8) is 0 Å². The van der Waals surface area contributed by atoms with Gasteiger partial charge in [-0.05, 0) is 49.1 Å². The third-order valence-corrected chi connectivity index (χ3v) is 7.83. The molecule has 7 heteroatoms. The number of rotatable bonds is 6. The van der Waals surface area contributed by atoms with Gasteiger partial charge < -0.3 is 4.74 Å². The van der Waals surface area contributed by atoms with Crippen molar-refractivity contribution in [3.05, 3.63) is 83.2 Å². The molecule has 1 saturated heterocycles. The minimum atomic E-state index is -3.34. The second kappa shape index (κ2) is 8.90. The standard InChI is InChI=1S/C25H29N3O3S/c1-19-6-8-20(9-7-19)25(2,3)21-10-12-23(13-11-21)31-18-22-14-15-26-24(27-22)28-16-4-5-17-32(28,29)30/h6-15H,4-5,16-18H2,1-3H3. The van der Waals surface area contributed by atoms with Crippen LogP contribution in [0, 0.1) is 6.92 Å². The molecule has 0 unspecified atom stereocenters. The van der Waals surface area contributed by atoms with E-state index in [0.717, 1.165) is 12.2 Å². The number of nitrogens with zero attached hydrogens (tertiary/aromatic N) is 3. The van der Waals surface area contributed by atoms with Crippen molar-refractivity contribution in [2.75, 3.05) is 16.6 Å². The fraction of sp³-hybridized carbons (Fsp3) is 0.360. The van der Waals surface area contributed by atoms with E-state index in [2.05, 4.69) is 67.1 Å². The van der Waals surface area contributed by atoms with Crippen LogP contribution >= 0.6 is 0 Å². The summed E-state index contributed by atoms with van der Waals surface area (Å²) >= 11 is 0. The fourth-order valence-electron chi connectivity index (χ4n) is 3.86. The summed E-state index contributed by atoms with van der Waals surface area (Å²) in [6, 6.07) is 18.5. The van der Waals surface area contributed by atoms with E-state index in [1.807, 2.05) is 12.1 Å². The Balaban J connectivity index is 1.44. The van der Waals surface area contributed by atoms with E-state index in [0.29, 0.717) is 18.7 Å². The Morgan fingerprint density at radius 3 is 2.28 bits per heavy atom. The first kappa shape index (κ1) is 22.3. The Morgan fingerprint density at radius 1 is 0.969 bits per heavy atom. The van der Waals surface area contributed by atoms with Crippen LogP contribution in [0.3, 0.4) is 0 Å². The van der Waals surface area contributed by atoms with E-state index < -0.39 is 10.0 Å². The SMILES string of the molecule is Cc1ccc(C(C)(C)c2ccc(OCc3ccnc(N4CCCCS4(=O)=O)n3)cc2)cc1. The Kier molecular flexibility index (Phi) is 6.20. The molecular formula is C25H29N3O3S. The number of ether oxygens (including phenoxy) is 1. The lowest BCUT2D eigenvalue weighted by Crippen LogP contribution is -2.39. The summed E-state index contributed by atoms with van der Waals surface area (Å²) in [5.41, 5.74) is 4.23. The normalized spacial score (nSPS) is 16.0. The van der Waals surface area contributed by atoms with Crippen molar-refractivity contribution in [2.24, 2.45) is 0 Å². The second-order valence-electron chi connectivity index (χ2n) is 8.75. The molecule has 2 heterocycles. The zero-order valence-corrected chi connectivity index (χ0v) is 19.6. The molecule has 4 rings (SSSR count). The first-order valence-corrected chi connectivity index (χ1v) is 12.5. The molecule has 0 amide bonds. The molecule has 2 aromatic carbocycles. The molecule has 0 bridgehead atoms. The van der Waals surface area contributed by atoms with E-state index in [1.54, 1.807) is 12.3 Å². The highest BCUT2D eigenvalue weighted by Gasteiger charge is 2.28. The van der Waals surface area contributed by atoms with Crippen LogP contribution in [0.4, 0.5) is 5.95 Å². The lowest BCUT2D eigenvalue weighted by molar-refractivity contribution is 0.301. The Morgan fingerprint density at radius 2 is 1.62 bits per heavy atom. The van der Waals surface area contributed by atoms with Gasteiger partial charge in [-0.25, -0.2) is 22.7 Å². The third kappa shape index (κ3) is 4.78. The molecular weight excluding hydrogens is 422 g/mol. The van der Waals surface area contributed by atoms with Gasteiger partial charge in [0, 0.05) is 18.2 Å². The summed E-state index contributed by atoms with van der Waals surface area (Å²) in [5, 5.41) is 0. The number of benzene rings is 2. The maximum Gasteiger partial charge on any atom is 0.239 e. The maximum absolute atomic E-state index is 12.3. The van der Waals surface area contributed by atoms with Crippen LogP contribution < -0.4 is 9.04 Å². The van der Waals surface area contributed by atoms with E-state index >= 15 is 0 Å². The zero-order chi connectivity index (χ0) is 22.8. The zero-order valence-electron chi connectivity index (χ0n) is 18.8. The van der Waals surface area contributed by atoms with Crippen LogP contribution in [0.5, 0.6) is 5.75 Å². The third-order valence-electron chi connectivity index (χ3n) is 6.01. The summed E-state index contributed by atoms with van der Waals surface area (Å²) in [6.45, 7) is 7.18. The summed E-state index contributed by atoms with van der Waals surface area (Å²) in [4.78, 5) is 8.59. The summed E-state index contributed by atoms with van der Waals surface area (Å²) in [6.07, 6.45) is 3.07. The smallest absolute Gasteiger partial charge is 0.239 e. The first-order valence-electron chi connectivity index (χ1n) is 10.9.